The molecular weight excluding hydrogens is 296 g/mol. The Morgan fingerprint density at radius 2 is 1.96 bits per heavy atom. The maximum atomic E-state index is 12.3. The lowest BCUT2D eigenvalue weighted by molar-refractivity contribution is -0.171. The molecule has 6 nitrogen and oxygen atoms in total. The molecule has 0 saturated carbocycles. The fraction of sp³-hybridized carbons (Fsp3) is 0.941. The van der Waals surface area contributed by atoms with Crippen molar-refractivity contribution in [2.24, 2.45) is 11.8 Å². The fourth-order valence-corrected chi connectivity index (χ4v) is 4.63. The lowest BCUT2D eigenvalue weighted by atomic mass is 9.82. The summed E-state index contributed by atoms with van der Waals surface area (Å²) in [7, 11) is 0. The first-order valence-electron chi connectivity index (χ1n) is 9.18. The number of hydrogen-bond acceptors (Lipinski definition) is 5. The van der Waals surface area contributed by atoms with Gasteiger partial charge in [-0.3, -0.25) is 14.5 Å². The Bertz CT molecular complexity index is 421. The van der Waals surface area contributed by atoms with Crippen molar-refractivity contribution in [2.75, 3.05) is 46.1 Å². The summed E-state index contributed by atoms with van der Waals surface area (Å²) in [5.41, 5.74) is 0. The molecule has 23 heavy (non-hydrogen) atoms. The van der Waals surface area contributed by atoms with Gasteiger partial charge in [0.05, 0.1) is 32.3 Å². The van der Waals surface area contributed by atoms with Crippen molar-refractivity contribution < 1.29 is 19.1 Å². The summed E-state index contributed by atoms with van der Waals surface area (Å²) in [6.07, 6.45) is 5.00. The van der Waals surface area contributed by atoms with Gasteiger partial charge in [0, 0.05) is 31.7 Å². The Labute approximate surface area is 138 Å². The first-order chi connectivity index (χ1) is 11.3. The Kier molecular flexibility index (Phi) is 4.85. The summed E-state index contributed by atoms with van der Waals surface area (Å²) >= 11 is 0. The Morgan fingerprint density at radius 3 is 2.74 bits per heavy atom. The lowest BCUT2D eigenvalue weighted by Gasteiger charge is -2.41. The number of hydrogen-bond donors (Lipinski definition) is 0. The predicted molar refractivity (Wildman–Crippen MR) is 83.7 cm³/mol. The number of hydroxylamine groups is 2. The molecule has 0 N–H and O–H groups in total. The zero-order valence-corrected chi connectivity index (χ0v) is 13.8. The van der Waals surface area contributed by atoms with Crippen LogP contribution in [0.4, 0.5) is 0 Å². The molecule has 4 aliphatic rings. The van der Waals surface area contributed by atoms with Crippen LogP contribution in [0.15, 0.2) is 0 Å². The normalized spacial score (nSPS) is 36.3. The van der Waals surface area contributed by atoms with Gasteiger partial charge in [-0.15, -0.1) is 0 Å². The van der Waals surface area contributed by atoms with E-state index in [1.807, 2.05) is 0 Å². The van der Waals surface area contributed by atoms with Crippen LogP contribution < -0.4 is 0 Å². The van der Waals surface area contributed by atoms with Gasteiger partial charge in [0.15, 0.2) is 0 Å². The van der Waals surface area contributed by atoms with Gasteiger partial charge in [0.1, 0.15) is 0 Å². The van der Waals surface area contributed by atoms with Crippen LogP contribution in [0.5, 0.6) is 0 Å². The van der Waals surface area contributed by atoms with E-state index in [0.29, 0.717) is 30.9 Å². The number of fused-ring (bicyclic) bond motifs is 1. The average molecular weight is 324 g/mol. The molecule has 130 valence electrons. The van der Waals surface area contributed by atoms with E-state index in [2.05, 4.69) is 4.90 Å². The molecule has 4 heterocycles. The van der Waals surface area contributed by atoms with Gasteiger partial charge in [-0.2, -0.15) is 0 Å². The van der Waals surface area contributed by atoms with Gasteiger partial charge in [0.2, 0.25) is 5.91 Å². The van der Waals surface area contributed by atoms with Crippen molar-refractivity contribution in [3.63, 3.8) is 0 Å². The molecule has 0 radical (unpaired) electrons. The van der Waals surface area contributed by atoms with E-state index < -0.39 is 0 Å². The monoisotopic (exact) mass is 324 g/mol. The van der Waals surface area contributed by atoms with Crippen LogP contribution in [0.1, 0.15) is 32.1 Å². The van der Waals surface area contributed by atoms with Crippen molar-refractivity contribution in [3.8, 4) is 0 Å². The summed E-state index contributed by atoms with van der Waals surface area (Å²) in [6.45, 7) is 6.28. The molecule has 1 amide bonds. The summed E-state index contributed by atoms with van der Waals surface area (Å²) in [5.74, 6) is 1.22. The number of ether oxygens (including phenoxy) is 2. The molecule has 0 aromatic carbocycles. The SMILES string of the molecule is O=C(C[C@@H]1OC[C@@H]2CN(C3CCOCC3)CC[C@@H]21)N1CCCO1. The van der Waals surface area contributed by atoms with Gasteiger partial charge >= 0.3 is 0 Å². The Hall–Kier alpha value is -0.690. The molecule has 0 bridgehead atoms. The van der Waals surface area contributed by atoms with E-state index in [1.165, 1.54) is 5.06 Å². The largest absolute Gasteiger partial charge is 0.381 e. The van der Waals surface area contributed by atoms with Crippen molar-refractivity contribution in [2.45, 2.75) is 44.2 Å². The van der Waals surface area contributed by atoms with Gasteiger partial charge in [-0.1, -0.05) is 0 Å². The Morgan fingerprint density at radius 1 is 1.09 bits per heavy atom. The van der Waals surface area contributed by atoms with Crippen LogP contribution in [0.2, 0.25) is 0 Å². The molecule has 6 heteroatoms. The predicted octanol–water partition coefficient (Wildman–Crippen LogP) is 1.06. The van der Waals surface area contributed by atoms with E-state index in [-0.39, 0.29) is 12.0 Å². The molecule has 4 fully saturated rings. The molecule has 4 saturated heterocycles. The van der Waals surface area contributed by atoms with E-state index in [0.717, 1.165) is 65.1 Å². The lowest BCUT2D eigenvalue weighted by Crippen LogP contribution is -2.48. The van der Waals surface area contributed by atoms with Gasteiger partial charge < -0.3 is 9.47 Å². The van der Waals surface area contributed by atoms with Crippen molar-refractivity contribution in [1.29, 1.82) is 0 Å². The number of piperidine rings is 1. The first kappa shape index (κ1) is 15.8. The highest BCUT2D eigenvalue weighted by Gasteiger charge is 2.43. The van der Waals surface area contributed by atoms with Gasteiger partial charge in [-0.05, 0) is 38.1 Å². The fourth-order valence-electron chi connectivity index (χ4n) is 4.63. The summed E-state index contributed by atoms with van der Waals surface area (Å²) in [6, 6.07) is 0.684. The number of rotatable bonds is 3. The van der Waals surface area contributed by atoms with E-state index in [9.17, 15) is 4.79 Å². The number of carbonyl (C=O) groups excluding carboxylic acids is 1. The minimum atomic E-state index is 0.0912. The Balaban J connectivity index is 1.30. The molecule has 3 atom stereocenters. The van der Waals surface area contributed by atoms with Gasteiger partial charge in [0.25, 0.3) is 0 Å². The minimum absolute atomic E-state index is 0.0912. The standard InChI is InChI=1S/C17H28N2O4/c20-17(19-5-1-7-23-19)10-16-15-2-6-18(11-13(15)12-22-16)14-3-8-21-9-4-14/h13-16H,1-12H2/t13-,15-,16-/m0/s1. The maximum Gasteiger partial charge on any atom is 0.248 e. The van der Waals surface area contributed by atoms with Crippen molar-refractivity contribution in [3.05, 3.63) is 0 Å². The second-order valence-electron chi connectivity index (χ2n) is 7.31. The van der Waals surface area contributed by atoms with Crippen molar-refractivity contribution >= 4 is 5.91 Å². The highest BCUT2D eigenvalue weighted by molar-refractivity contribution is 5.75. The van der Waals surface area contributed by atoms with Gasteiger partial charge in [-0.25, -0.2) is 5.06 Å². The topological polar surface area (TPSA) is 51.2 Å². The third-order valence-electron chi connectivity index (χ3n) is 5.94. The molecule has 4 rings (SSSR count). The van der Waals surface area contributed by atoms with Crippen LogP contribution in [0.3, 0.4) is 0 Å². The number of amides is 1. The van der Waals surface area contributed by atoms with Crippen LogP contribution in [-0.2, 0) is 19.1 Å². The molecule has 0 aromatic rings. The number of likely N-dealkylation sites (tertiary alicyclic amines) is 1. The molecule has 0 unspecified atom stereocenters. The van der Waals surface area contributed by atoms with Crippen LogP contribution in [-0.4, -0.2) is 74.1 Å². The highest BCUT2D eigenvalue weighted by atomic mass is 16.7. The second kappa shape index (κ2) is 7.05. The minimum Gasteiger partial charge on any atom is -0.381 e. The van der Waals surface area contributed by atoms with Crippen LogP contribution in [0.25, 0.3) is 0 Å². The third kappa shape index (κ3) is 3.40. The molecular formula is C17H28N2O4. The van der Waals surface area contributed by atoms with Crippen LogP contribution >= 0.6 is 0 Å². The molecule has 0 spiro atoms. The second-order valence-corrected chi connectivity index (χ2v) is 7.31. The first-order valence-corrected chi connectivity index (χ1v) is 9.18. The van der Waals surface area contributed by atoms with E-state index >= 15 is 0 Å². The highest BCUT2D eigenvalue weighted by Crippen LogP contribution is 2.37. The average Bonchev–Trinajstić information content (AvgIpc) is 3.25. The number of carbonyl (C=O) groups is 1. The van der Waals surface area contributed by atoms with Crippen molar-refractivity contribution in [1.82, 2.24) is 9.96 Å². The van der Waals surface area contributed by atoms with Crippen LogP contribution in [0, 0.1) is 11.8 Å². The molecule has 0 aliphatic carbocycles. The van der Waals surface area contributed by atoms with E-state index in [4.69, 9.17) is 14.3 Å². The molecule has 4 aliphatic heterocycles. The summed E-state index contributed by atoms with van der Waals surface area (Å²) in [4.78, 5) is 20.3. The third-order valence-corrected chi connectivity index (χ3v) is 5.94. The number of nitrogens with zero attached hydrogens (tertiary/aromatic N) is 2. The smallest absolute Gasteiger partial charge is 0.248 e. The molecule has 0 aromatic heterocycles. The summed E-state index contributed by atoms with van der Waals surface area (Å²) < 4.78 is 11.5. The quantitative estimate of drug-likeness (QED) is 0.777. The maximum absolute atomic E-state index is 12.3. The zero-order valence-electron chi connectivity index (χ0n) is 13.8. The van der Waals surface area contributed by atoms with E-state index in [1.54, 1.807) is 0 Å². The summed E-state index contributed by atoms with van der Waals surface area (Å²) in [5, 5.41) is 1.54. The zero-order chi connectivity index (χ0) is 15.6.